The summed E-state index contributed by atoms with van der Waals surface area (Å²) < 4.78 is 10.8. The average Bonchev–Trinajstić information content (AvgIpc) is 2.43. The van der Waals surface area contributed by atoms with Crippen LogP contribution in [0.1, 0.15) is 24.5 Å². The first-order chi connectivity index (χ1) is 8.80. The summed E-state index contributed by atoms with van der Waals surface area (Å²) in [7, 11) is 3.34. The monoisotopic (exact) mass is 249 g/mol. The lowest BCUT2D eigenvalue weighted by Crippen LogP contribution is -2.15. The Morgan fingerprint density at radius 1 is 1.17 bits per heavy atom. The van der Waals surface area contributed by atoms with Crippen LogP contribution in [0.5, 0.6) is 11.5 Å². The van der Waals surface area contributed by atoms with Crippen LogP contribution in [0.3, 0.4) is 0 Å². The molecule has 0 atom stereocenters. The highest BCUT2D eigenvalue weighted by Crippen LogP contribution is 2.36. The maximum Gasteiger partial charge on any atom is 0.164 e. The standard InChI is InChI=1S/C14H19NO3/c1-4-18-15-11-6-7-12-10(9-11)5-8-13(16-2)14(12)17-3/h5,8H,4,6-7,9H2,1-3H3/b15-11+. The lowest BCUT2D eigenvalue weighted by atomic mass is 9.89. The summed E-state index contributed by atoms with van der Waals surface area (Å²) in [5.74, 6) is 1.65. The van der Waals surface area contributed by atoms with Gasteiger partial charge >= 0.3 is 0 Å². The number of methoxy groups -OCH3 is 2. The van der Waals surface area contributed by atoms with Crippen LogP contribution in [0.15, 0.2) is 17.3 Å². The van der Waals surface area contributed by atoms with E-state index in [1.165, 1.54) is 11.1 Å². The summed E-state index contributed by atoms with van der Waals surface area (Å²) in [5.41, 5.74) is 3.57. The molecule has 4 nitrogen and oxygen atoms in total. The molecule has 0 bridgehead atoms. The van der Waals surface area contributed by atoms with Gasteiger partial charge in [-0.2, -0.15) is 0 Å². The number of hydrogen-bond acceptors (Lipinski definition) is 4. The van der Waals surface area contributed by atoms with Gasteiger partial charge in [-0.15, -0.1) is 0 Å². The van der Waals surface area contributed by atoms with E-state index in [1.807, 2.05) is 13.0 Å². The first-order valence-electron chi connectivity index (χ1n) is 6.20. The summed E-state index contributed by atoms with van der Waals surface area (Å²) in [6.45, 7) is 2.55. The summed E-state index contributed by atoms with van der Waals surface area (Å²) in [4.78, 5) is 5.12. The molecule has 98 valence electrons. The minimum Gasteiger partial charge on any atom is -0.493 e. The molecule has 0 amide bonds. The Labute approximate surface area is 108 Å². The van der Waals surface area contributed by atoms with Crippen LogP contribution in [0, 0.1) is 0 Å². The Kier molecular flexibility index (Phi) is 4.07. The molecular formula is C14H19NO3. The molecule has 0 aromatic heterocycles. The molecule has 0 fully saturated rings. The highest BCUT2D eigenvalue weighted by molar-refractivity contribution is 5.88. The number of benzene rings is 1. The molecule has 0 aliphatic heterocycles. The molecule has 1 aromatic carbocycles. The lowest BCUT2D eigenvalue weighted by Gasteiger charge is -2.21. The van der Waals surface area contributed by atoms with Crippen molar-refractivity contribution in [2.45, 2.75) is 26.2 Å². The second-order valence-corrected chi connectivity index (χ2v) is 4.19. The highest BCUT2D eigenvalue weighted by Gasteiger charge is 2.21. The van der Waals surface area contributed by atoms with E-state index in [9.17, 15) is 0 Å². The zero-order valence-electron chi connectivity index (χ0n) is 11.2. The molecule has 18 heavy (non-hydrogen) atoms. The summed E-state index contributed by atoms with van der Waals surface area (Å²) in [6, 6.07) is 4.03. The summed E-state index contributed by atoms with van der Waals surface area (Å²) >= 11 is 0. The number of fused-ring (bicyclic) bond motifs is 1. The van der Waals surface area contributed by atoms with Gasteiger partial charge in [0.1, 0.15) is 6.61 Å². The van der Waals surface area contributed by atoms with Gasteiger partial charge in [0, 0.05) is 12.0 Å². The van der Waals surface area contributed by atoms with Crippen molar-refractivity contribution in [1.82, 2.24) is 0 Å². The zero-order chi connectivity index (χ0) is 13.0. The molecule has 1 aliphatic rings. The van der Waals surface area contributed by atoms with Gasteiger partial charge < -0.3 is 14.3 Å². The average molecular weight is 249 g/mol. The Balaban J connectivity index is 2.29. The first-order valence-corrected chi connectivity index (χ1v) is 6.20. The molecular weight excluding hydrogens is 230 g/mol. The topological polar surface area (TPSA) is 40.0 Å². The van der Waals surface area contributed by atoms with Crippen molar-refractivity contribution in [3.63, 3.8) is 0 Å². The third kappa shape index (κ3) is 2.42. The third-order valence-corrected chi connectivity index (χ3v) is 3.13. The van der Waals surface area contributed by atoms with Crippen LogP contribution < -0.4 is 9.47 Å². The van der Waals surface area contributed by atoms with E-state index in [0.717, 1.165) is 36.5 Å². The van der Waals surface area contributed by atoms with Crippen LogP contribution >= 0.6 is 0 Å². The van der Waals surface area contributed by atoms with E-state index in [0.29, 0.717) is 6.61 Å². The zero-order valence-corrected chi connectivity index (χ0v) is 11.2. The molecule has 0 heterocycles. The number of ether oxygens (including phenoxy) is 2. The Morgan fingerprint density at radius 3 is 2.67 bits per heavy atom. The van der Waals surface area contributed by atoms with Crippen LogP contribution in [0.25, 0.3) is 0 Å². The van der Waals surface area contributed by atoms with Gasteiger partial charge in [0.2, 0.25) is 0 Å². The SMILES string of the molecule is CCO/N=C1\CCc2c(ccc(OC)c2OC)C1. The fourth-order valence-corrected chi connectivity index (χ4v) is 2.28. The largest absolute Gasteiger partial charge is 0.493 e. The van der Waals surface area contributed by atoms with Crippen molar-refractivity contribution in [2.75, 3.05) is 20.8 Å². The van der Waals surface area contributed by atoms with Crippen LogP contribution in [0.2, 0.25) is 0 Å². The summed E-state index contributed by atoms with van der Waals surface area (Å²) in [6.07, 6.45) is 2.66. The molecule has 1 aliphatic carbocycles. The molecule has 0 radical (unpaired) electrons. The van der Waals surface area contributed by atoms with Crippen molar-refractivity contribution >= 4 is 5.71 Å². The maximum absolute atomic E-state index is 5.45. The number of oxime groups is 1. The van der Waals surface area contributed by atoms with Gasteiger partial charge in [-0.3, -0.25) is 0 Å². The van der Waals surface area contributed by atoms with Gasteiger partial charge in [-0.1, -0.05) is 11.2 Å². The molecule has 0 saturated heterocycles. The van der Waals surface area contributed by atoms with Crippen molar-refractivity contribution in [3.05, 3.63) is 23.3 Å². The second-order valence-electron chi connectivity index (χ2n) is 4.19. The predicted octanol–water partition coefficient (Wildman–Crippen LogP) is 2.59. The Bertz CT molecular complexity index is 455. The van der Waals surface area contributed by atoms with Crippen LogP contribution in [-0.2, 0) is 17.7 Å². The van der Waals surface area contributed by atoms with Gasteiger partial charge in [0.25, 0.3) is 0 Å². The molecule has 0 unspecified atom stereocenters. The normalized spacial score (nSPS) is 16.3. The van der Waals surface area contributed by atoms with Gasteiger partial charge in [-0.05, 0) is 31.4 Å². The third-order valence-electron chi connectivity index (χ3n) is 3.13. The van der Waals surface area contributed by atoms with E-state index in [2.05, 4.69) is 11.2 Å². The number of rotatable bonds is 4. The van der Waals surface area contributed by atoms with Crippen molar-refractivity contribution in [2.24, 2.45) is 5.16 Å². The van der Waals surface area contributed by atoms with E-state index >= 15 is 0 Å². The van der Waals surface area contributed by atoms with Gasteiger partial charge in [0.15, 0.2) is 11.5 Å². The first kappa shape index (κ1) is 12.7. The van der Waals surface area contributed by atoms with Crippen LogP contribution in [0.4, 0.5) is 0 Å². The van der Waals surface area contributed by atoms with Crippen molar-refractivity contribution in [3.8, 4) is 11.5 Å². The fourth-order valence-electron chi connectivity index (χ4n) is 2.28. The second kappa shape index (κ2) is 5.76. The van der Waals surface area contributed by atoms with E-state index in [-0.39, 0.29) is 0 Å². The molecule has 0 N–H and O–H groups in total. The molecule has 0 spiro atoms. The van der Waals surface area contributed by atoms with E-state index < -0.39 is 0 Å². The molecule has 2 rings (SSSR count). The Morgan fingerprint density at radius 2 is 2.00 bits per heavy atom. The highest BCUT2D eigenvalue weighted by atomic mass is 16.6. The Hall–Kier alpha value is -1.71. The smallest absolute Gasteiger partial charge is 0.164 e. The minimum absolute atomic E-state index is 0.613. The van der Waals surface area contributed by atoms with Gasteiger partial charge in [0.05, 0.1) is 19.9 Å². The summed E-state index contributed by atoms with van der Waals surface area (Å²) in [5, 5.41) is 4.14. The maximum atomic E-state index is 5.45. The molecule has 1 aromatic rings. The van der Waals surface area contributed by atoms with Crippen molar-refractivity contribution in [1.29, 1.82) is 0 Å². The number of nitrogens with zero attached hydrogens (tertiary/aromatic N) is 1. The minimum atomic E-state index is 0.613. The van der Waals surface area contributed by atoms with Crippen LogP contribution in [-0.4, -0.2) is 26.5 Å². The predicted molar refractivity (Wildman–Crippen MR) is 70.6 cm³/mol. The van der Waals surface area contributed by atoms with E-state index in [4.69, 9.17) is 14.3 Å². The number of hydrogen-bond donors (Lipinski definition) is 0. The molecule has 4 heteroatoms. The fraction of sp³-hybridized carbons (Fsp3) is 0.500. The quantitative estimate of drug-likeness (QED) is 0.770. The van der Waals surface area contributed by atoms with Crippen molar-refractivity contribution < 1.29 is 14.3 Å². The van der Waals surface area contributed by atoms with Gasteiger partial charge in [-0.25, -0.2) is 0 Å². The molecule has 0 saturated carbocycles. The lowest BCUT2D eigenvalue weighted by molar-refractivity contribution is 0.157. The van der Waals surface area contributed by atoms with E-state index in [1.54, 1.807) is 14.2 Å².